The molecule has 0 atom stereocenters. The van der Waals surface area contributed by atoms with Gasteiger partial charge in [0, 0.05) is 24.1 Å². The highest BCUT2D eigenvalue weighted by molar-refractivity contribution is 7.17. The van der Waals surface area contributed by atoms with Gasteiger partial charge < -0.3 is 5.32 Å². The van der Waals surface area contributed by atoms with Crippen molar-refractivity contribution in [2.75, 3.05) is 5.32 Å². The van der Waals surface area contributed by atoms with Crippen LogP contribution in [-0.4, -0.2) is 25.2 Å². The lowest BCUT2D eigenvalue weighted by molar-refractivity contribution is -0.116. The van der Waals surface area contributed by atoms with E-state index in [2.05, 4.69) is 15.4 Å². The maximum atomic E-state index is 13.2. The number of nitrogens with one attached hydrogen (secondary N) is 1. The molecule has 0 saturated carbocycles. The number of fused-ring (bicyclic) bond motifs is 1. The molecule has 0 aliphatic carbocycles. The molecule has 3 aromatic heterocycles. The molecule has 142 valence electrons. The number of rotatable bonds is 4. The number of nitrogens with zero attached hydrogens (tertiary/aromatic N) is 4. The van der Waals surface area contributed by atoms with E-state index in [0.717, 1.165) is 11.3 Å². The molecular formula is C19H16FN5O2S. The van der Waals surface area contributed by atoms with Gasteiger partial charge in [0.25, 0.3) is 5.56 Å². The van der Waals surface area contributed by atoms with Crippen LogP contribution in [0, 0.1) is 12.7 Å². The Morgan fingerprint density at radius 1 is 1.29 bits per heavy atom. The van der Waals surface area contributed by atoms with E-state index in [1.807, 2.05) is 12.3 Å². The van der Waals surface area contributed by atoms with Crippen molar-refractivity contribution >= 4 is 33.3 Å². The van der Waals surface area contributed by atoms with Crippen LogP contribution in [0.15, 0.2) is 46.8 Å². The Morgan fingerprint density at radius 2 is 2.04 bits per heavy atom. The predicted molar refractivity (Wildman–Crippen MR) is 106 cm³/mol. The highest BCUT2D eigenvalue weighted by Gasteiger charge is 2.15. The first-order chi connectivity index (χ1) is 13.4. The van der Waals surface area contributed by atoms with Gasteiger partial charge >= 0.3 is 0 Å². The lowest BCUT2D eigenvalue weighted by atomic mass is 10.1. The Morgan fingerprint density at radius 3 is 2.71 bits per heavy atom. The van der Waals surface area contributed by atoms with E-state index in [1.165, 1.54) is 34.4 Å². The molecule has 0 unspecified atom stereocenters. The Bertz CT molecular complexity index is 1240. The molecule has 0 spiro atoms. The molecule has 9 heteroatoms. The van der Waals surface area contributed by atoms with Crippen LogP contribution in [0.3, 0.4) is 0 Å². The number of anilines is 1. The number of aromatic nitrogens is 4. The smallest absolute Gasteiger partial charge is 0.263 e. The van der Waals surface area contributed by atoms with Crippen molar-refractivity contribution in [3.05, 3.63) is 63.9 Å². The molecule has 1 amide bonds. The Kier molecular flexibility index (Phi) is 4.52. The molecule has 0 aliphatic heterocycles. The molecule has 1 N–H and O–H groups in total. The highest BCUT2D eigenvalue weighted by Crippen LogP contribution is 2.30. The number of carbonyl (C=O) groups excluding carboxylic acids is 1. The number of aryl methyl sites for hydroxylation is 2. The van der Waals surface area contributed by atoms with Crippen molar-refractivity contribution in [3.8, 4) is 11.1 Å². The third-order valence-electron chi connectivity index (χ3n) is 4.30. The summed E-state index contributed by atoms with van der Waals surface area (Å²) in [5.74, 6) is -0.155. The second-order valence-corrected chi connectivity index (χ2v) is 7.21. The molecule has 4 rings (SSSR count). The minimum atomic E-state index is -0.357. The maximum absolute atomic E-state index is 13.2. The van der Waals surface area contributed by atoms with Crippen molar-refractivity contribution in [2.24, 2.45) is 7.05 Å². The highest BCUT2D eigenvalue weighted by atomic mass is 32.1. The molecule has 0 fully saturated rings. The molecule has 1 aromatic carbocycles. The molecule has 0 radical (unpaired) electrons. The molecule has 0 saturated heterocycles. The van der Waals surface area contributed by atoms with Crippen LogP contribution in [0.2, 0.25) is 0 Å². The van der Waals surface area contributed by atoms with Crippen LogP contribution in [0.4, 0.5) is 10.2 Å². The number of amides is 1. The van der Waals surface area contributed by atoms with Gasteiger partial charge in [-0.25, -0.2) is 9.37 Å². The first-order valence-corrected chi connectivity index (χ1v) is 9.33. The van der Waals surface area contributed by atoms with E-state index >= 15 is 0 Å². The summed E-state index contributed by atoms with van der Waals surface area (Å²) in [5, 5.41) is 9.14. The lowest BCUT2D eigenvalue weighted by Gasteiger charge is -2.08. The Labute approximate surface area is 163 Å². The average molecular weight is 397 g/mol. The van der Waals surface area contributed by atoms with E-state index in [1.54, 1.807) is 29.9 Å². The summed E-state index contributed by atoms with van der Waals surface area (Å²) in [7, 11) is 1.72. The summed E-state index contributed by atoms with van der Waals surface area (Å²) in [6.45, 7) is 1.65. The summed E-state index contributed by atoms with van der Waals surface area (Å²) >= 11 is 1.33. The van der Waals surface area contributed by atoms with Gasteiger partial charge in [0.05, 0.1) is 17.4 Å². The molecule has 3 heterocycles. The van der Waals surface area contributed by atoms with E-state index in [-0.39, 0.29) is 23.8 Å². The number of carbonyl (C=O) groups is 1. The summed E-state index contributed by atoms with van der Waals surface area (Å²) in [4.78, 5) is 30.2. The normalized spacial score (nSPS) is 11.1. The zero-order valence-corrected chi connectivity index (χ0v) is 16.0. The van der Waals surface area contributed by atoms with Crippen molar-refractivity contribution in [3.63, 3.8) is 0 Å². The molecular weight excluding hydrogens is 381 g/mol. The van der Waals surface area contributed by atoms with E-state index < -0.39 is 0 Å². The largest absolute Gasteiger partial charge is 0.309 e. The number of benzene rings is 1. The van der Waals surface area contributed by atoms with Crippen LogP contribution in [0.1, 0.15) is 5.69 Å². The van der Waals surface area contributed by atoms with Gasteiger partial charge in [0.15, 0.2) is 0 Å². The van der Waals surface area contributed by atoms with Crippen molar-refractivity contribution in [1.29, 1.82) is 0 Å². The van der Waals surface area contributed by atoms with Crippen LogP contribution in [0.5, 0.6) is 0 Å². The van der Waals surface area contributed by atoms with Gasteiger partial charge in [0.1, 0.15) is 23.0 Å². The van der Waals surface area contributed by atoms with Crippen molar-refractivity contribution in [2.45, 2.75) is 13.5 Å². The topological polar surface area (TPSA) is 81.8 Å². The standard InChI is InChI=1S/C19H16FN5O2S/c1-11-7-15(24(2)23-11)22-16(26)8-25-10-21-18-17(19(25)27)14(9-28-18)12-3-5-13(20)6-4-12/h3-7,9-10H,8H2,1-2H3,(H,22,26). The predicted octanol–water partition coefficient (Wildman–Crippen LogP) is 2.94. The zero-order valence-electron chi connectivity index (χ0n) is 15.1. The van der Waals surface area contributed by atoms with Crippen LogP contribution < -0.4 is 10.9 Å². The average Bonchev–Trinajstić information content (AvgIpc) is 3.21. The van der Waals surface area contributed by atoms with Gasteiger partial charge in [-0.05, 0) is 24.6 Å². The molecule has 4 aromatic rings. The number of thiophene rings is 1. The molecule has 0 bridgehead atoms. The summed E-state index contributed by atoms with van der Waals surface area (Å²) < 4.78 is 16.0. The third kappa shape index (κ3) is 3.31. The number of hydrogen-bond donors (Lipinski definition) is 1. The van der Waals surface area contributed by atoms with Gasteiger partial charge in [-0.1, -0.05) is 12.1 Å². The zero-order chi connectivity index (χ0) is 19.8. The minimum absolute atomic E-state index is 0.176. The van der Waals surface area contributed by atoms with Crippen molar-refractivity contribution in [1.82, 2.24) is 19.3 Å². The van der Waals surface area contributed by atoms with Gasteiger partial charge in [-0.2, -0.15) is 5.10 Å². The summed E-state index contributed by atoms with van der Waals surface area (Å²) in [6.07, 6.45) is 1.36. The fraction of sp³-hybridized carbons (Fsp3) is 0.158. The monoisotopic (exact) mass is 397 g/mol. The fourth-order valence-electron chi connectivity index (χ4n) is 2.99. The van der Waals surface area contributed by atoms with Gasteiger partial charge in [-0.15, -0.1) is 11.3 Å². The van der Waals surface area contributed by atoms with Crippen LogP contribution in [-0.2, 0) is 18.4 Å². The molecule has 7 nitrogen and oxygen atoms in total. The quantitative estimate of drug-likeness (QED) is 0.574. The Hall–Kier alpha value is -3.33. The molecule has 28 heavy (non-hydrogen) atoms. The maximum Gasteiger partial charge on any atom is 0.263 e. The SMILES string of the molecule is Cc1cc(NC(=O)Cn2cnc3scc(-c4ccc(F)cc4)c3c2=O)n(C)n1. The van der Waals surface area contributed by atoms with Crippen molar-refractivity contribution < 1.29 is 9.18 Å². The molecule has 0 aliphatic rings. The first-order valence-electron chi connectivity index (χ1n) is 8.45. The second-order valence-electron chi connectivity index (χ2n) is 6.36. The van der Waals surface area contributed by atoms with E-state index in [9.17, 15) is 14.0 Å². The first kappa shape index (κ1) is 18.1. The van der Waals surface area contributed by atoms with Crippen LogP contribution in [0.25, 0.3) is 21.3 Å². The number of hydrogen-bond acceptors (Lipinski definition) is 5. The summed E-state index contributed by atoms with van der Waals surface area (Å²) in [5.41, 5.74) is 1.86. The number of halogens is 1. The van der Waals surface area contributed by atoms with Gasteiger partial charge in [0.2, 0.25) is 5.91 Å². The third-order valence-corrected chi connectivity index (χ3v) is 5.19. The summed E-state index contributed by atoms with van der Waals surface area (Å²) in [6, 6.07) is 7.66. The minimum Gasteiger partial charge on any atom is -0.309 e. The van der Waals surface area contributed by atoms with Crippen LogP contribution >= 0.6 is 11.3 Å². The van der Waals surface area contributed by atoms with E-state index in [4.69, 9.17) is 0 Å². The van der Waals surface area contributed by atoms with E-state index in [0.29, 0.717) is 21.6 Å². The van der Waals surface area contributed by atoms with Gasteiger partial charge in [-0.3, -0.25) is 18.8 Å². The fourth-order valence-corrected chi connectivity index (χ4v) is 3.89. The lowest BCUT2D eigenvalue weighted by Crippen LogP contribution is -2.28. The Balaban J connectivity index is 1.66. The second kappa shape index (κ2) is 7.01.